The Labute approximate surface area is 177 Å². The topological polar surface area (TPSA) is 85.3 Å². The van der Waals surface area contributed by atoms with Crippen LogP contribution in [-0.2, 0) is 0 Å². The van der Waals surface area contributed by atoms with Crippen molar-refractivity contribution in [2.24, 2.45) is 5.10 Å². The van der Waals surface area contributed by atoms with Crippen LogP contribution in [0.15, 0.2) is 101 Å². The zero-order valence-electron chi connectivity index (χ0n) is 16.3. The Morgan fingerprint density at radius 1 is 1.03 bits per heavy atom. The molecule has 0 atom stereocenters. The lowest BCUT2D eigenvalue weighted by molar-refractivity contribution is 0.0956. The van der Waals surface area contributed by atoms with Crippen LogP contribution in [0.25, 0.3) is 28.0 Å². The third kappa shape index (κ3) is 3.84. The highest BCUT2D eigenvalue weighted by Crippen LogP contribution is 2.25. The Morgan fingerprint density at radius 2 is 1.87 bits per heavy atom. The maximum absolute atomic E-state index is 12.9. The van der Waals surface area contributed by atoms with Crippen molar-refractivity contribution in [3.05, 3.63) is 103 Å². The van der Waals surface area contributed by atoms with Gasteiger partial charge in [0.1, 0.15) is 5.69 Å². The van der Waals surface area contributed by atoms with E-state index in [0.717, 1.165) is 16.6 Å². The van der Waals surface area contributed by atoms with E-state index in [4.69, 9.17) is 4.42 Å². The molecule has 3 aromatic heterocycles. The number of benzene rings is 2. The molecular weight excluding hydrogens is 390 g/mol. The van der Waals surface area contributed by atoms with E-state index in [1.165, 1.54) is 0 Å². The Bertz CT molecular complexity index is 1370. The number of para-hydroxylation sites is 2. The van der Waals surface area contributed by atoms with Gasteiger partial charge in [0.05, 0.1) is 35.4 Å². The first-order chi connectivity index (χ1) is 15.3. The fourth-order valence-corrected chi connectivity index (χ4v) is 3.26. The summed E-state index contributed by atoms with van der Waals surface area (Å²) in [6, 6.07) is 22.5. The molecule has 0 saturated heterocycles. The maximum Gasteiger partial charge on any atom is 0.272 e. The van der Waals surface area contributed by atoms with Crippen LogP contribution >= 0.6 is 0 Å². The van der Waals surface area contributed by atoms with E-state index in [1.807, 2.05) is 60.8 Å². The first kappa shape index (κ1) is 18.5. The summed E-state index contributed by atoms with van der Waals surface area (Å²) in [6.07, 6.45) is 6.65. The molecule has 0 aliphatic heterocycles. The van der Waals surface area contributed by atoms with Crippen LogP contribution in [-0.4, -0.2) is 26.9 Å². The second kappa shape index (κ2) is 8.08. The highest BCUT2D eigenvalue weighted by molar-refractivity contribution is 6.07. The van der Waals surface area contributed by atoms with Crippen LogP contribution in [0.4, 0.5) is 0 Å². The molecule has 0 unspecified atom stereocenters. The Kier molecular flexibility index (Phi) is 4.82. The lowest BCUT2D eigenvalue weighted by atomic mass is 10.1. The molecule has 0 aliphatic carbocycles. The van der Waals surface area contributed by atoms with Gasteiger partial charge in [0.25, 0.3) is 5.91 Å². The van der Waals surface area contributed by atoms with E-state index in [2.05, 4.69) is 20.6 Å². The predicted octanol–water partition coefficient (Wildman–Crippen LogP) is 4.44. The molecule has 7 heteroatoms. The number of carbonyl (C=O) groups is 1. The van der Waals surface area contributed by atoms with E-state index in [1.54, 1.807) is 41.6 Å². The van der Waals surface area contributed by atoms with Gasteiger partial charge in [0.15, 0.2) is 5.76 Å². The molecule has 0 saturated carbocycles. The van der Waals surface area contributed by atoms with Crippen molar-refractivity contribution < 1.29 is 9.21 Å². The first-order valence-electron chi connectivity index (χ1n) is 9.65. The third-order valence-corrected chi connectivity index (χ3v) is 4.74. The van der Waals surface area contributed by atoms with E-state index in [0.29, 0.717) is 22.5 Å². The molecule has 1 N–H and O–H groups in total. The number of rotatable bonds is 5. The lowest BCUT2D eigenvalue weighted by Gasteiger charge is -2.07. The summed E-state index contributed by atoms with van der Waals surface area (Å²) in [7, 11) is 0. The average molecular weight is 407 g/mol. The summed E-state index contributed by atoms with van der Waals surface area (Å²) < 4.78 is 7.19. The van der Waals surface area contributed by atoms with Gasteiger partial charge in [-0.2, -0.15) is 10.2 Å². The number of furan rings is 1. The minimum Gasteiger partial charge on any atom is -0.463 e. The number of hydrazone groups is 1. The van der Waals surface area contributed by atoms with Gasteiger partial charge in [-0.1, -0.05) is 36.4 Å². The fraction of sp³-hybridized carbons (Fsp3) is 0. The number of pyridine rings is 1. The van der Waals surface area contributed by atoms with Crippen molar-refractivity contribution in [3.63, 3.8) is 0 Å². The number of hydrogen-bond donors (Lipinski definition) is 1. The smallest absolute Gasteiger partial charge is 0.272 e. The predicted molar refractivity (Wildman–Crippen MR) is 118 cm³/mol. The van der Waals surface area contributed by atoms with E-state index in [-0.39, 0.29) is 5.91 Å². The minimum atomic E-state index is -0.335. The summed E-state index contributed by atoms with van der Waals surface area (Å²) in [4.78, 5) is 17.5. The zero-order valence-corrected chi connectivity index (χ0v) is 16.3. The number of amides is 1. The SMILES string of the molecule is O=C(N/N=C\c1cnn(-c2ccccc2)c1)c1cc(-c2ccco2)nc2ccccc12. The molecule has 0 fully saturated rings. The van der Waals surface area contributed by atoms with Crippen molar-refractivity contribution in [1.82, 2.24) is 20.2 Å². The highest BCUT2D eigenvalue weighted by Gasteiger charge is 2.14. The Morgan fingerprint density at radius 3 is 2.71 bits per heavy atom. The molecule has 31 heavy (non-hydrogen) atoms. The van der Waals surface area contributed by atoms with Gasteiger partial charge in [0, 0.05) is 17.1 Å². The number of hydrogen-bond acceptors (Lipinski definition) is 5. The van der Waals surface area contributed by atoms with E-state index in [9.17, 15) is 4.79 Å². The number of nitrogens with zero attached hydrogens (tertiary/aromatic N) is 4. The summed E-state index contributed by atoms with van der Waals surface area (Å²) >= 11 is 0. The van der Waals surface area contributed by atoms with Crippen molar-refractivity contribution in [3.8, 4) is 17.1 Å². The van der Waals surface area contributed by atoms with Gasteiger partial charge in [-0.15, -0.1) is 0 Å². The molecule has 0 aliphatic rings. The van der Waals surface area contributed by atoms with Crippen LogP contribution in [0.3, 0.4) is 0 Å². The number of carbonyl (C=O) groups excluding carboxylic acids is 1. The number of aromatic nitrogens is 3. The molecule has 1 amide bonds. The summed E-state index contributed by atoms with van der Waals surface area (Å²) in [5.41, 5.74) is 6.06. The van der Waals surface area contributed by atoms with Crippen molar-refractivity contribution in [1.29, 1.82) is 0 Å². The second-order valence-corrected chi connectivity index (χ2v) is 6.80. The zero-order chi connectivity index (χ0) is 21.0. The molecule has 5 aromatic rings. The van der Waals surface area contributed by atoms with Gasteiger partial charge in [-0.25, -0.2) is 15.1 Å². The van der Waals surface area contributed by atoms with Gasteiger partial charge in [-0.05, 0) is 36.4 Å². The minimum absolute atomic E-state index is 0.335. The third-order valence-electron chi connectivity index (χ3n) is 4.74. The first-order valence-corrected chi connectivity index (χ1v) is 9.65. The Balaban J connectivity index is 1.39. The van der Waals surface area contributed by atoms with Crippen LogP contribution in [0.1, 0.15) is 15.9 Å². The van der Waals surface area contributed by atoms with Crippen LogP contribution in [0.2, 0.25) is 0 Å². The van der Waals surface area contributed by atoms with Gasteiger partial charge in [0.2, 0.25) is 0 Å². The molecule has 0 radical (unpaired) electrons. The Hall–Kier alpha value is -4.52. The number of fused-ring (bicyclic) bond motifs is 1. The summed E-state index contributed by atoms with van der Waals surface area (Å²) in [5, 5.41) is 9.16. The van der Waals surface area contributed by atoms with Gasteiger partial charge in [-0.3, -0.25) is 4.79 Å². The molecule has 150 valence electrons. The maximum atomic E-state index is 12.9. The average Bonchev–Trinajstić information content (AvgIpc) is 3.51. The van der Waals surface area contributed by atoms with Crippen LogP contribution in [0.5, 0.6) is 0 Å². The van der Waals surface area contributed by atoms with Crippen molar-refractivity contribution >= 4 is 23.0 Å². The van der Waals surface area contributed by atoms with Crippen LogP contribution < -0.4 is 5.43 Å². The summed E-state index contributed by atoms with van der Waals surface area (Å²) in [6.45, 7) is 0. The van der Waals surface area contributed by atoms with Crippen molar-refractivity contribution in [2.45, 2.75) is 0 Å². The monoisotopic (exact) mass is 407 g/mol. The molecule has 7 nitrogen and oxygen atoms in total. The molecule has 2 aromatic carbocycles. The quantitative estimate of drug-likeness (QED) is 0.345. The second-order valence-electron chi connectivity index (χ2n) is 6.80. The number of nitrogens with one attached hydrogen (secondary N) is 1. The normalized spacial score (nSPS) is 11.2. The van der Waals surface area contributed by atoms with Crippen LogP contribution in [0, 0.1) is 0 Å². The van der Waals surface area contributed by atoms with Gasteiger partial charge < -0.3 is 4.42 Å². The molecule has 3 heterocycles. The fourth-order valence-electron chi connectivity index (χ4n) is 3.26. The lowest BCUT2D eigenvalue weighted by Crippen LogP contribution is -2.18. The highest BCUT2D eigenvalue weighted by atomic mass is 16.3. The molecule has 0 spiro atoms. The molecule has 0 bridgehead atoms. The van der Waals surface area contributed by atoms with E-state index >= 15 is 0 Å². The largest absolute Gasteiger partial charge is 0.463 e. The van der Waals surface area contributed by atoms with Crippen molar-refractivity contribution in [2.75, 3.05) is 0 Å². The summed E-state index contributed by atoms with van der Waals surface area (Å²) in [5.74, 6) is 0.259. The van der Waals surface area contributed by atoms with E-state index < -0.39 is 0 Å². The molecule has 5 rings (SSSR count). The van der Waals surface area contributed by atoms with Gasteiger partial charge >= 0.3 is 0 Å². The molecular formula is C24H17N5O2. The standard InChI is InChI=1S/C24H17N5O2/c30-24(28-25-14-17-15-26-29(16-17)18-7-2-1-3-8-18)20-13-22(23-11-6-12-31-23)27-21-10-5-4-9-19(20)21/h1-16H,(H,28,30)/b25-14-.